The van der Waals surface area contributed by atoms with Crippen molar-refractivity contribution in [3.05, 3.63) is 21.3 Å². The quantitative estimate of drug-likeness (QED) is 0.785. The molecule has 17 heavy (non-hydrogen) atoms. The lowest BCUT2D eigenvalue weighted by atomic mass is 9.83. The van der Waals surface area contributed by atoms with Gasteiger partial charge in [-0.1, -0.05) is 39.3 Å². The molecule has 0 aliphatic carbocycles. The molecule has 0 radical (unpaired) electrons. The molecule has 1 aromatic rings. The molecule has 1 heterocycles. The van der Waals surface area contributed by atoms with Gasteiger partial charge in [0.05, 0.1) is 4.34 Å². The predicted molar refractivity (Wildman–Crippen MR) is 79.0 cm³/mol. The van der Waals surface area contributed by atoms with E-state index in [1.54, 1.807) is 11.3 Å². The minimum atomic E-state index is 0.408. The van der Waals surface area contributed by atoms with E-state index in [-0.39, 0.29) is 0 Å². The smallest absolute Gasteiger partial charge is 0.0931 e. The van der Waals surface area contributed by atoms with Crippen molar-refractivity contribution < 1.29 is 0 Å². The molecule has 0 spiro atoms. The SMILES string of the molecule is CNC(CC(C)CC(C)(C)C)c1ccc(Cl)s1. The lowest BCUT2D eigenvalue weighted by Crippen LogP contribution is -2.20. The first-order valence-corrected chi connectivity index (χ1v) is 7.44. The van der Waals surface area contributed by atoms with Crippen LogP contribution in [-0.4, -0.2) is 7.05 Å². The molecule has 1 N–H and O–H groups in total. The lowest BCUT2D eigenvalue weighted by Gasteiger charge is -2.26. The molecule has 98 valence electrons. The Morgan fingerprint density at radius 3 is 2.41 bits per heavy atom. The van der Waals surface area contributed by atoms with Gasteiger partial charge in [0.2, 0.25) is 0 Å². The highest BCUT2D eigenvalue weighted by molar-refractivity contribution is 7.16. The summed E-state index contributed by atoms with van der Waals surface area (Å²) >= 11 is 7.68. The summed E-state index contributed by atoms with van der Waals surface area (Å²) in [5.41, 5.74) is 0.408. The molecule has 1 aromatic heterocycles. The number of rotatable bonds is 5. The molecule has 0 fully saturated rings. The number of thiophene rings is 1. The Balaban J connectivity index is 2.58. The van der Waals surface area contributed by atoms with E-state index in [2.05, 4.69) is 39.1 Å². The van der Waals surface area contributed by atoms with Gasteiger partial charge in [-0.05, 0) is 43.4 Å². The maximum Gasteiger partial charge on any atom is 0.0931 e. The molecule has 1 nitrogen and oxygen atoms in total. The maximum atomic E-state index is 6.00. The Labute approximate surface area is 115 Å². The fourth-order valence-electron chi connectivity index (χ4n) is 2.42. The Hall–Kier alpha value is -0.0500. The summed E-state index contributed by atoms with van der Waals surface area (Å²) in [5.74, 6) is 0.716. The highest BCUT2D eigenvalue weighted by atomic mass is 35.5. The van der Waals surface area contributed by atoms with Gasteiger partial charge in [-0.25, -0.2) is 0 Å². The third kappa shape index (κ3) is 5.41. The molecular weight excluding hydrogens is 250 g/mol. The molecule has 0 aliphatic rings. The van der Waals surface area contributed by atoms with E-state index >= 15 is 0 Å². The van der Waals surface area contributed by atoms with Crippen LogP contribution in [0.5, 0.6) is 0 Å². The highest BCUT2D eigenvalue weighted by Gasteiger charge is 2.20. The van der Waals surface area contributed by atoms with Crippen molar-refractivity contribution in [1.29, 1.82) is 0 Å². The van der Waals surface area contributed by atoms with Crippen molar-refractivity contribution in [3.63, 3.8) is 0 Å². The standard InChI is InChI=1S/C14H24ClNS/c1-10(9-14(2,3)4)8-11(16-5)12-6-7-13(15)17-12/h6-7,10-11,16H,8-9H2,1-5H3. The van der Waals surface area contributed by atoms with Gasteiger partial charge in [-0.15, -0.1) is 11.3 Å². The van der Waals surface area contributed by atoms with Crippen LogP contribution in [0.15, 0.2) is 12.1 Å². The fourth-order valence-corrected chi connectivity index (χ4v) is 3.61. The van der Waals surface area contributed by atoms with Crippen LogP contribution < -0.4 is 5.32 Å². The summed E-state index contributed by atoms with van der Waals surface area (Å²) in [6.07, 6.45) is 2.43. The molecule has 0 aliphatic heterocycles. The number of hydrogen-bond donors (Lipinski definition) is 1. The minimum Gasteiger partial charge on any atom is -0.312 e. The van der Waals surface area contributed by atoms with Crippen molar-refractivity contribution in [3.8, 4) is 0 Å². The molecule has 3 heteroatoms. The first kappa shape index (κ1) is 15.0. The third-order valence-electron chi connectivity index (χ3n) is 2.88. The van der Waals surface area contributed by atoms with Gasteiger partial charge in [0.1, 0.15) is 0 Å². The van der Waals surface area contributed by atoms with Crippen molar-refractivity contribution in [2.45, 2.75) is 46.6 Å². The van der Waals surface area contributed by atoms with E-state index in [1.165, 1.54) is 17.7 Å². The Morgan fingerprint density at radius 1 is 1.35 bits per heavy atom. The van der Waals surface area contributed by atoms with Gasteiger partial charge in [0.15, 0.2) is 0 Å². The zero-order chi connectivity index (χ0) is 13.1. The highest BCUT2D eigenvalue weighted by Crippen LogP contribution is 2.33. The zero-order valence-corrected chi connectivity index (χ0v) is 13.1. The Morgan fingerprint density at radius 2 is 2.00 bits per heavy atom. The zero-order valence-electron chi connectivity index (χ0n) is 11.5. The van der Waals surface area contributed by atoms with Gasteiger partial charge in [-0.2, -0.15) is 0 Å². The van der Waals surface area contributed by atoms with E-state index < -0.39 is 0 Å². The Kier molecular flexibility index (Phi) is 5.49. The van der Waals surface area contributed by atoms with E-state index in [0.29, 0.717) is 17.4 Å². The molecule has 0 saturated carbocycles. The fraction of sp³-hybridized carbons (Fsp3) is 0.714. The molecule has 0 bridgehead atoms. The number of hydrogen-bond acceptors (Lipinski definition) is 2. The molecule has 2 unspecified atom stereocenters. The topological polar surface area (TPSA) is 12.0 Å². The molecular formula is C14H24ClNS. The summed E-state index contributed by atoms with van der Waals surface area (Å²) in [4.78, 5) is 1.35. The second kappa shape index (κ2) is 6.21. The normalized spacial score (nSPS) is 15.9. The first-order valence-electron chi connectivity index (χ1n) is 6.24. The van der Waals surface area contributed by atoms with Gasteiger partial charge in [0.25, 0.3) is 0 Å². The predicted octanol–water partition coefficient (Wildman–Crippen LogP) is 5.12. The van der Waals surface area contributed by atoms with Crippen molar-refractivity contribution >= 4 is 22.9 Å². The van der Waals surface area contributed by atoms with Crippen LogP contribution >= 0.6 is 22.9 Å². The lowest BCUT2D eigenvalue weighted by molar-refractivity contribution is 0.280. The van der Waals surface area contributed by atoms with Crippen LogP contribution in [0, 0.1) is 11.3 Å². The first-order chi connectivity index (χ1) is 7.81. The van der Waals surface area contributed by atoms with Crippen molar-refractivity contribution in [2.75, 3.05) is 7.05 Å². The maximum absolute atomic E-state index is 6.00. The minimum absolute atomic E-state index is 0.408. The van der Waals surface area contributed by atoms with Crippen LogP contribution in [0.1, 0.15) is 51.5 Å². The third-order valence-corrected chi connectivity index (χ3v) is 4.23. The van der Waals surface area contributed by atoms with E-state index in [0.717, 1.165) is 4.34 Å². The molecule has 2 atom stereocenters. The van der Waals surface area contributed by atoms with Crippen LogP contribution in [0.3, 0.4) is 0 Å². The van der Waals surface area contributed by atoms with Crippen LogP contribution in [0.2, 0.25) is 4.34 Å². The van der Waals surface area contributed by atoms with E-state index in [4.69, 9.17) is 11.6 Å². The van der Waals surface area contributed by atoms with Crippen molar-refractivity contribution in [1.82, 2.24) is 5.32 Å². The second-order valence-electron chi connectivity index (χ2n) is 6.09. The van der Waals surface area contributed by atoms with Crippen LogP contribution in [0.25, 0.3) is 0 Å². The molecule has 1 rings (SSSR count). The van der Waals surface area contributed by atoms with Crippen molar-refractivity contribution in [2.24, 2.45) is 11.3 Å². The van der Waals surface area contributed by atoms with E-state index in [1.807, 2.05) is 13.1 Å². The number of nitrogens with one attached hydrogen (secondary N) is 1. The molecule has 0 saturated heterocycles. The second-order valence-corrected chi connectivity index (χ2v) is 7.84. The summed E-state index contributed by atoms with van der Waals surface area (Å²) in [5, 5.41) is 3.40. The van der Waals surface area contributed by atoms with Crippen LogP contribution in [-0.2, 0) is 0 Å². The van der Waals surface area contributed by atoms with Crippen LogP contribution in [0.4, 0.5) is 0 Å². The van der Waals surface area contributed by atoms with Gasteiger partial charge >= 0.3 is 0 Å². The molecule has 0 amide bonds. The van der Waals surface area contributed by atoms with E-state index in [9.17, 15) is 0 Å². The summed E-state index contributed by atoms with van der Waals surface area (Å²) in [7, 11) is 2.03. The summed E-state index contributed by atoms with van der Waals surface area (Å²) in [6.45, 7) is 9.25. The average molecular weight is 274 g/mol. The Bertz CT molecular complexity index is 340. The van der Waals surface area contributed by atoms with Gasteiger partial charge in [-0.3, -0.25) is 0 Å². The summed E-state index contributed by atoms with van der Waals surface area (Å²) < 4.78 is 0.878. The number of halogens is 1. The average Bonchev–Trinajstić information content (AvgIpc) is 2.58. The molecule has 0 aromatic carbocycles. The van der Waals surface area contributed by atoms with Gasteiger partial charge < -0.3 is 5.32 Å². The largest absolute Gasteiger partial charge is 0.312 e. The van der Waals surface area contributed by atoms with Gasteiger partial charge in [0, 0.05) is 10.9 Å². The summed E-state index contributed by atoms with van der Waals surface area (Å²) in [6, 6.07) is 4.56. The monoisotopic (exact) mass is 273 g/mol.